The van der Waals surface area contributed by atoms with Gasteiger partial charge < -0.3 is 19.1 Å². The van der Waals surface area contributed by atoms with Crippen molar-refractivity contribution in [2.75, 3.05) is 19.6 Å². The second-order valence-electron chi connectivity index (χ2n) is 5.17. The molecule has 1 N–H and O–H groups in total. The first-order valence-corrected chi connectivity index (χ1v) is 7.30. The van der Waals surface area contributed by atoms with Crippen LogP contribution in [0.2, 0.25) is 0 Å². The number of carbonyl (C=O) groups is 2. The Morgan fingerprint density at radius 2 is 2.09 bits per heavy atom. The topological polar surface area (TPSA) is 111 Å². The third-order valence-electron chi connectivity index (χ3n) is 3.53. The molecule has 0 radical (unpaired) electrons. The number of aromatic nitrogens is 2. The van der Waals surface area contributed by atoms with E-state index in [0.717, 1.165) is 30.6 Å². The normalized spacial score (nSPS) is 14.2. The Morgan fingerprint density at radius 3 is 2.78 bits per heavy atom. The molecule has 0 atom stereocenters. The van der Waals surface area contributed by atoms with Gasteiger partial charge in [-0.05, 0) is 25.0 Å². The average molecular weight is 320 g/mol. The van der Waals surface area contributed by atoms with E-state index in [1.807, 2.05) is 0 Å². The summed E-state index contributed by atoms with van der Waals surface area (Å²) in [6.07, 6.45) is 3.40. The SMILES string of the molecule is O=C(Cn1nc(-c2ccco2)oc1=O)NCC(=O)N1CCCC1. The molecule has 9 heteroatoms. The highest BCUT2D eigenvalue weighted by Crippen LogP contribution is 2.14. The van der Waals surface area contributed by atoms with E-state index < -0.39 is 11.7 Å². The van der Waals surface area contributed by atoms with Crippen molar-refractivity contribution in [2.24, 2.45) is 0 Å². The lowest BCUT2D eigenvalue weighted by molar-refractivity contribution is -0.132. The fraction of sp³-hybridized carbons (Fsp3) is 0.429. The fourth-order valence-corrected chi connectivity index (χ4v) is 2.35. The Labute approximate surface area is 130 Å². The maximum Gasteiger partial charge on any atom is 0.437 e. The van der Waals surface area contributed by atoms with E-state index in [4.69, 9.17) is 8.83 Å². The van der Waals surface area contributed by atoms with Gasteiger partial charge in [0.2, 0.25) is 11.8 Å². The van der Waals surface area contributed by atoms with Crippen LogP contribution in [0.25, 0.3) is 11.7 Å². The Morgan fingerprint density at radius 1 is 1.30 bits per heavy atom. The van der Waals surface area contributed by atoms with Gasteiger partial charge in [0, 0.05) is 13.1 Å². The number of nitrogens with one attached hydrogen (secondary N) is 1. The zero-order valence-electron chi connectivity index (χ0n) is 12.4. The number of rotatable bonds is 5. The van der Waals surface area contributed by atoms with Crippen molar-refractivity contribution in [1.29, 1.82) is 0 Å². The fourth-order valence-electron chi connectivity index (χ4n) is 2.35. The smallest absolute Gasteiger partial charge is 0.437 e. The third kappa shape index (κ3) is 3.50. The van der Waals surface area contributed by atoms with Crippen molar-refractivity contribution in [2.45, 2.75) is 19.4 Å². The Balaban J connectivity index is 1.55. The number of likely N-dealkylation sites (tertiary alicyclic amines) is 1. The average Bonchev–Trinajstić information content (AvgIpc) is 3.27. The lowest BCUT2D eigenvalue weighted by Crippen LogP contribution is -2.40. The van der Waals surface area contributed by atoms with Gasteiger partial charge >= 0.3 is 5.76 Å². The number of amides is 2. The predicted molar refractivity (Wildman–Crippen MR) is 77.3 cm³/mol. The quantitative estimate of drug-likeness (QED) is 0.819. The maximum absolute atomic E-state index is 11.8. The molecule has 0 unspecified atom stereocenters. The number of hydrogen-bond donors (Lipinski definition) is 1. The lowest BCUT2D eigenvalue weighted by atomic mass is 10.4. The molecular formula is C14H16N4O5. The van der Waals surface area contributed by atoms with E-state index in [-0.39, 0.29) is 24.9 Å². The highest BCUT2D eigenvalue weighted by molar-refractivity contribution is 5.84. The van der Waals surface area contributed by atoms with Crippen LogP contribution in [0.15, 0.2) is 32.0 Å². The van der Waals surface area contributed by atoms with Gasteiger partial charge in [0.15, 0.2) is 5.76 Å². The number of nitrogens with zero attached hydrogens (tertiary/aromatic N) is 3. The standard InChI is InChI=1S/C14H16N4O5/c19-11(15-8-12(20)17-5-1-2-6-17)9-18-14(21)23-13(16-18)10-4-3-7-22-10/h3-4,7H,1-2,5-6,8-9H2,(H,15,19). The minimum atomic E-state index is -0.766. The molecule has 3 rings (SSSR count). The molecule has 0 saturated carbocycles. The molecule has 9 nitrogen and oxygen atoms in total. The predicted octanol–water partition coefficient (Wildman–Crippen LogP) is -0.165. The van der Waals surface area contributed by atoms with E-state index in [2.05, 4.69) is 10.4 Å². The molecule has 2 aromatic rings. The van der Waals surface area contributed by atoms with Crippen molar-refractivity contribution < 1.29 is 18.4 Å². The van der Waals surface area contributed by atoms with Gasteiger partial charge in [-0.15, -0.1) is 5.10 Å². The Bertz CT molecular complexity index is 740. The van der Waals surface area contributed by atoms with E-state index >= 15 is 0 Å². The Hall–Kier alpha value is -2.84. The van der Waals surface area contributed by atoms with Gasteiger partial charge in [0.05, 0.1) is 12.8 Å². The van der Waals surface area contributed by atoms with Gasteiger partial charge in [-0.1, -0.05) is 0 Å². The third-order valence-corrected chi connectivity index (χ3v) is 3.53. The zero-order valence-corrected chi connectivity index (χ0v) is 12.4. The van der Waals surface area contributed by atoms with Crippen LogP contribution in [-0.2, 0) is 16.1 Å². The molecule has 1 fully saturated rings. The van der Waals surface area contributed by atoms with Crippen molar-refractivity contribution in [3.05, 3.63) is 28.9 Å². The van der Waals surface area contributed by atoms with Crippen molar-refractivity contribution in [3.63, 3.8) is 0 Å². The van der Waals surface area contributed by atoms with Crippen molar-refractivity contribution in [3.8, 4) is 11.7 Å². The lowest BCUT2D eigenvalue weighted by Gasteiger charge is -2.15. The van der Waals surface area contributed by atoms with Crippen molar-refractivity contribution in [1.82, 2.24) is 20.0 Å². The summed E-state index contributed by atoms with van der Waals surface area (Å²) in [6.45, 7) is 1.04. The van der Waals surface area contributed by atoms with E-state index in [1.54, 1.807) is 17.0 Å². The Kier molecular flexibility index (Phi) is 4.26. The summed E-state index contributed by atoms with van der Waals surface area (Å²) in [7, 11) is 0. The largest absolute Gasteiger partial charge is 0.459 e. The van der Waals surface area contributed by atoms with Gasteiger partial charge in [0.1, 0.15) is 6.54 Å². The van der Waals surface area contributed by atoms with Crippen LogP contribution in [0, 0.1) is 0 Å². The van der Waals surface area contributed by atoms with Crippen molar-refractivity contribution >= 4 is 11.8 Å². The first-order chi connectivity index (χ1) is 11.1. The number of furan rings is 1. The molecule has 122 valence electrons. The van der Waals surface area contributed by atoms with Crippen LogP contribution in [0.3, 0.4) is 0 Å². The van der Waals surface area contributed by atoms with E-state index in [1.165, 1.54) is 6.26 Å². The molecule has 1 aliphatic rings. The van der Waals surface area contributed by atoms with Crippen LogP contribution >= 0.6 is 0 Å². The summed E-state index contributed by atoms with van der Waals surface area (Å²) in [4.78, 5) is 37.0. The van der Waals surface area contributed by atoms with E-state index in [9.17, 15) is 14.4 Å². The van der Waals surface area contributed by atoms with Gasteiger partial charge in [-0.2, -0.15) is 4.68 Å². The summed E-state index contributed by atoms with van der Waals surface area (Å²) < 4.78 is 10.9. The summed E-state index contributed by atoms with van der Waals surface area (Å²) in [5, 5.41) is 6.37. The molecule has 2 aromatic heterocycles. The number of carbonyl (C=O) groups excluding carboxylic acids is 2. The zero-order chi connectivity index (χ0) is 16.2. The van der Waals surface area contributed by atoms with Crippen LogP contribution in [0.1, 0.15) is 12.8 Å². The molecule has 2 amide bonds. The van der Waals surface area contributed by atoms with Crippen LogP contribution in [0.5, 0.6) is 0 Å². The van der Waals surface area contributed by atoms with Crippen LogP contribution < -0.4 is 11.1 Å². The molecule has 1 aliphatic heterocycles. The monoisotopic (exact) mass is 320 g/mol. The van der Waals surface area contributed by atoms with Gasteiger partial charge in [-0.3, -0.25) is 9.59 Å². The molecule has 0 aromatic carbocycles. The summed E-state index contributed by atoms with van der Waals surface area (Å²) in [5.74, 6) is -1.08. The first kappa shape index (κ1) is 15.1. The molecule has 3 heterocycles. The molecule has 0 bridgehead atoms. The molecule has 23 heavy (non-hydrogen) atoms. The van der Waals surface area contributed by atoms with Gasteiger partial charge in [0.25, 0.3) is 5.89 Å². The second-order valence-corrected chi connectivity index (χ2v) is 5.17. The van der Waals surface area contributed by atoms with E-state index in [0.29, 0.717) is 5.76 Å². The first-order valence-electron chi connectivity index (χ1n) is 7.30. The minimum Gasteiger partial charge on any atom is -0.459 e. The van der Waals surface area contributed by atoms with Crippen LogP contribution in [-0.4, -0.2) is 46.1 Å². The molecule has 0 aliphatic carbocycles. The van der Waals surface area contributed by atoms with Gasteiger partial charge in [-0.25, -0.2) is 4.79 Å². The second kappa shape index (κ2) is 6.51. The minimum absolute atomic E-state index is 0.000873. The summed E-state index contributed by atoms with van der Waals surface area (Å²) in [6, 6.07) is 3.22. The highest BCUT2D eigenvalue weighted by Gasteiger charge is 2.19. The number of hydrogen-bond acceptors (Lipinski definition) is 6. The summed E-state index contributed by atoms with van der Waals surface area (Å²) in [5.41, 5.74) is 0. The molecule has 0 spiro atoms. The van der Waals surface area contributed by atoms with Crippen LogP contribution in [0.4, 0.5) is 0 Å². The maximum atomic E-state index is 11.8. The highest BCUT2D eigenvalue weighted by atomic mass is 16.4. The summed E-state index contributed by atoms with van der Waals surface area (Å²) >= 11 is 0. The molecular weight excluding hydrogens is 304 g/mol. The molecule has 1 saturated heterocycles.